The van der Waals surface area contributed by atoms with E-state index in [0.29, 0.717) is 22.8 Å². The third-order valence-electron chi connectivity index (χ3n) is 5.78. The molecule has 0 saturated carbocycles. The molecule has 0 aliphatic carbocycles. The molecule has 5 nitrogen and oxygen atoms in total. The summed E-state index contributed by atoms with van der Waals surface area (Å²) in [5.74, 6) is 0.0375. The molecule has 0 amide bonds. The van der Waals surface area contributed by atoms with E-state index in [1.54, 1.807) is 23.0 Å². The van der Waals surface area contributed by atoms with E-state index >= 15 is 0 Å². The van der Waals surface area contributed by atoms with Crippen LogP contribution in [0.3, 0.4) is 0 Å². The lowest BCUT2D eigenvalue weighted by Crippen LogP contribution is -2.38. The van der Waals surface area contributed by atoms with Crippen molar-refractivity contribution in [2.75, 3.05) is 13.1 Å². The second-order valence-electron chi connectivity index (χ2n) is 7.89. The van der Waals surface area contributed by atoms with Crippen LogP contribution in [0.1, 0.15) is 47.7 Å². The van der Waals surface area contributed by atoms with Gasteiger partial charge in [0, 0.05) is 23.1 Å². The standard InChI is InChI=1S/C24H26ClN3O2/c1-17-13-21(29)22(24(30)28(17)16-18-7-6-10-26-15-18)23(27-11-3-2-4-12-27)19-8-5-9-20(25)14-19/h5-10,13-15,23,29H,2-4,11-12,16H2,1H3. The van der Waals surface area contributed by atoms with E-state index in [-0.39, 0.29) is 17.4 Å². The largest absolute Gasteiger partial charge is 0.507 e. The van der Waals surface area contributed by atoms with Crippen LogP contribution in [-0.4, -0.2) is 32.6 Å². The minimum atomic E-state index is -0.336. The fourth-order valence-corrected chi connectivity index (χ4v) is 4.51. The van der Waals surface area contributed by atoms with Crippen molar-refractivity contribution in [2.24, 2.45) is 0 Å². The third-order valence-corrected chi connectivity index (χ3v) is 6.02. The van der Waals surface area contributed by atoms with Gasteiger partial charge in [-0.05, 0) is 68.2 Å². The number of rotatable bonds is 5. The van der Waals surface area contributed by atoms with E-state index < -0.39 is 0 Å². The molecule has 6 heteroatoms. The molecule has 3 aromatic rings. The fourth-order valence-electron chi connectivity index (χ4n) is 4.31. The molecule has 1 fully saturated rings. The van der Waals surface area contributed by atoms with Crippen LogP contribution >= 0.6 is 11.6 Å². The number of benzene rings is 1. The van der Waals surface area contributed by atoms with Gasteiger partial charge in [0.2, 0.25) is 0 Å². The summed E-state index contributed by atoms with van der Waals surface area (Å²) in [6.07, 6.45) is 6.81. The van der Waals surface area contributed by atoms with Crippen molar-refractivity contribution < 1.29 is 5.11 Å². The smallest absolute Gasteiger partial charge is 0.259 e. The fraction of sp³-hybridized carbons (Fsp3) is 0.333. The van der Waals surface area contributed by atoms with E-state index in [9.17, 15) is 9.90 Å². The Labute approximate surface area is 181 Å². The quantitative estimate of drug-likeness (QED) is 0.654. The van der Waals surface area contributed by atoms with Crippen molar-refractivity contribution in [2.45, 2.75) is 38.8 Å². The molecule has 1 saturated heterocycles. The van der Waals surface area contributed by atoms with Gasteiger partial charge in [0.15, 0.2) is 0 Å². The second-order valence-corrected chi connectivity index (χ2v) is 8.33. The SMILES string of the molecule is Cc1cc(O)c(C(c2cccc(Cl)c2)N2CCCCC2)c(=O)n1Cc1cccnc1. The van der Waals surface area contributed by atoms with Gasteiger partial charge in [-0.25, -0.2) is 0 Å². The first-order chi connectivity index (χ1) is 14.5. The number of hydrogen-bond acceptors (Lipinski definition) is 4. The lowest BCUT2D eigenvalue weighted by Gasteiger charge is -2.35. The van der Waals surface area contributed by atoms with Crippen LogP contribution in [-0.2, 0) is 6.54 Å². The molecule has 1 unspecified atom stereocenters. The molecule has 1 aliphatic heterocycles. The molecule has 2 aromatic heterocycles. The molecule has 1 N–H and O–H groups in total. The Morgan fingerprint density at radius 3 is 2.63 bits per heavy atom. The van der Waals surface area contributed by atoms with Gasteiger partial charge in [0.25, 0.3) is 5.56 Å². The van der Waals surface area contributed by atoms with Crippen LogP contribution in [0, 0.1) is 6.92 Å². The van der Waals surface area contributed by atoms with Crippen molar-refractivity contribution >= 4 is 11.6 Å². The summed E-state index contributed by atoms with van der Waals surface area (Å²) in [6.45, 7) is 4.02. The van der Waals surface area contributed by atoms with E-state index in [4.69, 9.17) is 11.6 Å². The summed E-state index contributed by atoms with van der Waals surface area (Å²) in [6, 6.07) is 12.8. The molecule has 3 heterocycles. The number of aromatic hydroxyl groups is 1. The summed E-state index contributed by atoms with van der Waals surface area (Å²) in [5.41, 5.74) is 2.82. The minimum absolute atomic E-state index is 0.0375. The number of piperidine rings is 1. The lowest BCUT2D eigenvalue weighted by atomic mass is 9.94. The average molecular weight is 424 g/mol. The van der Waals surface area contributed by atoms with E-state index in [2.05, 4.69) is 9.88 Å². The predicted molar refractivity (Wildman–Crippen MR) is 119 cm³/mol. The molecule has 30 heavy (non-hydrogen) atoms. The van der Waals surface area contributed by atoms with Crippen LogP contribution < -0.4 is 5.56 Å². The molecule has 1 aromatic carbocycles. The van der Waals surface area contributed by atoms with Gasteiger partial charge in [0.05, 0.1) is 18.2 Å². The topological polar surface area (TPSA) is 58.4 Å². The Hall–Kier alpha value is -2.63. The maximum atomic E-state index is 13.7. The van der Waals surface area contributed by atoms with Gasteiger partial charge in [-0.2, -0.15) is 0 Å². The van der Waals surface area contributed by atoms with Crippen molar-refractivity contribution in [3.05, 3.63) is 92.6 Å². The number of halogens is 1. The van der Waals surface area contributed by atoms with Gasteiger partial charge in [0.1, 0.15) is 5.75 Å². The maximum Gasteiger partial charge on any atom is 0.259 e. The van der Waals surface area contributed by atoms with Crippen molar-refractivity contribution in [3.63, 3.8) is 0 Å². The first-order valence-electron chi connectivity index (χ1n) is 10.4. The normalized spacial score (nSPS) is 15.8. The summed E-state index contributed by atoms with van der Waals surface area (Å²) in [7, 11) is 0. The maximum absolute atomic E-state index is 13.7. The Balaban J connectivity index is 1.85. The Bertz CT molecular complexity index is 1080. The molecule has 0 radical (unpaired) electrons. The highest BCUT2D eigenvalue weighted by Crippen LogP contribution is 2.35. The minimum Gasteiger partial charge on any atom is -0.507 e. The zero-order valence-corrected chi connectivity index (χ0v) is 17.8. The number of aromatic nitrogens is 2. The molecule has 0 bridgehead atoms. The first kappa shape index (κ1) is 20.6. The number of nitrogens with zero attached hydrogens (tertiary/aromatic N) is 3. The van der Waals surface area contributed by atoms with Crippen LogP contribution in [0.2, 0.25) is 5.02 Å². The number of hydrogen-bond donors (Lipinski definition) is 1. The van der Waals surface area contributed by atoms with Crippen LogP contribution in [0.4, 0.5) is 0 Å². The molecule has 0 spiro atoms. The molecule has 1 atom stereocenters. The third kappa shape index (κ3) is 4.27. The van der Waals surface area contributed by atoms with E-state index in [1.165, 1.54) is 6.42 Å². The highest BCUT2D eigenvalue weighted by atomic mass is 35.5. The highest BCUT2D eigenvalue weighted by Gasteiger charge is 2.30. The summed E-state index contributed by atoms with van der Waals surface area (Å²) in [5, 5.41) is 11.5. The first-order valence-corrected chi connectivity index (χ1v) is 10.7. The zero-order chi connectivity index (χ0) is 21.1. The average Bonchev–Trinajstić information content (AvgIpc) is 2.75. The summed E-state index contributed by atoms with van der Waals surface area (Å²) >= 11 is 6.29. The van der Waals surface area contributed by atoms with Crippen molar-refractivity contribution in [3.8, 4) is 5.75 Å². The van der Waals surface area contributed by atoms with Crippen LogP contribution in [0.25, 0.3) is 0 Å². The van der Waals surface area contributed by atoms with Crippen LogP contribution in [0.15, 0.2) is 59.7 Å². The predicted octanol–water partition coefficient (Wildman–Crippen LogP) is 4.53. The van der Waals surface area contributed by atoms with Crippen molar-refractivity contribution in [1.29, 1.82) is 0 Å². The lowest BCUT2D eigenvalue weighted by molar-refractivity contribution is 0.183. The molecule has 4 rings (SSSR count). The van der Waals surface area contributed by atoms with Gasteiger partial charge < -0.3 is 9.67 Å². The summed E-state index contributed by atoms with van der Waals surface area (Å²) in [4.78, 5) is 20.1. The molecular formula is C24H26ClN3O2. The Morgan fingerprint density at radius 1 is 1.13 bits per heavy atom. The number of pyridine rings is 2. The number of likely N-dealkylation sites (tertiary alicyclic amines) is 1. The molecule has 1 aliphatic rings. The Kier molecular flexibility index (Phi) is 6.21. The Morgan fingerprint density at radius 2 is 1.93 bits per heavy atom. The van der Waals surface area contributed by atoms with Crippen molar-refractivity contribution in [1.82, 2.24) is 14.5 Å². The van der Waals surface area contributed by atoms with E-state index in [1.807, 2.05) is 43.3 Å². The van der Waals surface area contributed by atoms with E-state index in [0.717, 1.165) is 37.1 Å². The zero-order valence-electron chi connectivity index (χ0n) is 17.1. The monoisotopic (exact) mass is 423 g/mol. The second kappa shape index (κ2) is 9.02. The highest BCUT2D eigenvalue weighted by molar-refractivity contribution is 6.30. The van der Waals surface area contributed by atoms with Gasteiger partial charge in [-0.15, -0.1) is 0 Å². The molecular weight excluding hydrogens is 398 g/mol. The number of aryl methyl sites for hydroxylation is 1. The molecule has 156 valence electrons. The van der Waals surface area contributed by atoms with Gasteiger partial charge in [-0.1, -0.05) is 36.2 Å². The van der Waals surface area contributed by atoms with Gasteiger partial charge in [-0.3, -0.25) is 14.7 Å². The van der Waals surface area contributed by atoms with Crippen LogP contribution in [0.5, 0.6) is 5.75 Å². The summed E-state index contributed by atoms with van der Waals surface area (Å²) < 4.78 is 1.72. The van der Waals surface area contributed by atoms with Gasteiger partial charge >= 0.3 is 0 Å².